The van der Waals surface area contributed by atoms with Crippen molar-refractivity contribution in [2.75, 3.05) is 0 Å². The maximum Gasteiger partial charge on any atom is 0.321 e. The Morgan fingerprint density at radius 1 is 1.16 bits per heavy atom. The van der Waals surface area contributed by atoms with Crippen LogP contribution in [0.1, 0.15) is 26.2 Å². The van der Waals surface area contributed by atoms with Gasteiger partial charge in [0, 0.05) is 18.0 Å². The van der Waals surface area contributed by atoms with Gasteiger partial charge in [-0.25, -0.2) is 4.98 Å². The third kappa shape index (κ3) is 5.39. The second-order valence-electron chi connectivity index (χ2n) is 6.14. The van der Waals surface area contributed by atoms with Crippen molar-refractivity contribution < 1.29 is 24.2 Å². The summed E-state index contributed by atoms with van der Waals surface area (Å²) in [5.74, 6) is -1.90. The summed E-state index contributed by atoms with van der Waals surface area (Å²) in [5.41, 5.74) is 1.37. The zero-order valence-corrected chi connectivity index (χ0v) is 14.0. The van der Waals surface area contributed by atoms with Gasteiger partial charge in [0.1, 0.15) is 24.0 Å². The first-order valence-electron chi connectivity index (χ1n) is 7.93. The Morgan fingerprint density at radius 3 is 2.36 bits per heavy atom. The maximum atomic E-state index is 11.5. The number of pyridine rings is 1. The smallest absolute Gasteiger partial charge is 0.321 e. The Balaban J connectivity index is 2.10. The maximum absolute atomic E-state index is 11.5. The second kappa shape index (κ2) is 8.39. The molecule has 0 aromatic carbocycles. The highest BCUT2D eigenvalue weighted by molar-refractivity contribution is 5.77. The number of hydrogen-bond acceptors (Lipinski definition) is 6. The van der Waals surface area contributed by atoms with Gasteiger partial charge in [-0.2, -0.15) is 0 Å². The lowest BCUT2D eigenvalue weighted by Gasteiger charge is -2.20. The van der Waals surface area contributed by atoms with Crippen LogP contribution >= 0.6 is 0 Å². The molecule has 0 saturated heterocycles. The summed E-state index contributed by atoms with van der Waals surface area (Å²) in [5, 5.41) is 21.3. The number of aromatic nitrogens is 2. The zero-order valence-electron chi connectivity index (χ0n) is 14.0. The Hall–Kier alpha value is -2.74. The largest absolute Gasteiger partial charge is 0.480 e. The van der Waals surface area contributed by atoms with Crippen molar-refractivity contribution in [1.29, 1.82) is 0 Å². The molecule has 2 atom stereocenters. The molecule has 2 heterocycles. The fourth-order valence-electron chi connectivity index (χ4n) is 2.41. The van der Waals surface area contributed by atoms with Crippen molar-refractivity contribution >= 4 is 11.9 Å². The van der Waals surface area contributed by atoms with E-state index >= 15 is 0 Å². The van der Waals surface area contributed by atoms with Crippen LogP contribution in [-0.2, 0) is 16.0 Å². The van der Waals surface area contributed by atoms with E-state index in [0.717, 1.165) is 5.56 Å². The lowest BCUT2D eigenvalue weighted by molar-refractivity contribution is -0.143. The molecule has 0 saturated carbocycles. The van der Waals surface area contributed by atoms with Crippen molar-refractivity contribution in [1.82, 2.24) is 15.3 Å². The van der Waals surface area contributed by atoms with E-state index in [9.17, 15) is 19.8 Å². The fourth-order valence-corrected chi connectivity index (χ4v) is 2.41. The van der Waals surface area contributed by atoms with Gasteiger partial charge in [0.2, 0.25) is 0 Å². The molecule has 25 heavy (non-hydrogen) atoms. The third-order valence-electron chi connectivity index (χ3n) is 3.61. The average molecular weight is 347 g/mol. The first-order valence-corrected chi connectivity index (χ1v) is 7.93. The number of oxazole rings is 1. The molecule has 0 amide bonds. The molecule has 8 heteroatoms. The van der Waals surface area contributed by atoms with Gasteiger partial charge in [0.15, 0.2) is 5.89 Å². The molecule has 0 aliphatic rings. The standard InChI is InChI=1S/C17H21N3O5/c1-10(2)7-12(16(21)22)19-13(17(23)24)8-15-20-14(9-25-15)11-3-5-18-6-4-11/h3-6,9-10,12-13,19H,7-8H2,1-2H3,(H,21,22)(H,23,24)/t12-,13-/m0/s1. The van der Waals surface area contributed by atoms with Gasteiger partial charge in [0.25, 0.3) is 0 Å². The summed E-state index contributed by atoms with van der Waals surface area (Å²) in [6, 6.07) is 1.47. The molecule has 2 rings (SSSR count). The average Bonchev–Trinajstić information content (AvgIpc) is 3.02. The highest BCUT2D eigenvalue weighted by Crippen LogP contribution is 2.18. The molecule has 2 aromatic heterocycles. The molecule has 134 valence electrons. The minimum absolute atomic E-state index is 0.0533. The van der Waals surface area contributed by atoms with Crippen LogP contribution in [0.5, 0.6) is 0 Å². The van der Waals surface area contributed by atoms with Gasteiger partial charge < -0.3 is 14.6 Å². The van der Waals surface area contributed by atoms with Crippen LogP contribution in [0.15, 0.2) is 35.2 Å². The number of hydrogen-bond donors (Lipinski definition) is 3. The summed E-state index contributed by atoms with van der Waals surface area (Å²) in [6.45, 7) is 3.75. The quantitative estimate of drug-likeness (QED) is 0.627. The number of aliphatic carboxylic acids is 2. The van der Waals surface area contributed by atoms with E-state index in [4.69, 9.17) is 4.42 Å². The highest BCUT2D eigenvalue weighted by Gasteiger charge is 2.28. The van der Waals surface area contributed by atoms with Gasteiger partial charge >= 0.3 is 11.9 Å². The first kappa shape index (κ1) is 18.6. The van der Waals surface area contributed by atoms with Crippen molar-refractivity contribution in [3.8, 4) is 11.3 Å². The SMILES string of the molecule is CC(C)C[C@H](N[C@@H](Cc1nc(-c2ccncc2)co1)C(=O)O)C(=O)O. The number of carboxylic acid groups (broad SMARTS) is 2. The Morgan fingerprint density at radius 2 is 1.80 bits per heavy atom. The van der Waals surface area contributed by atoms with Gasteiger partial charge in [-0.3, -0.25) is 19.9 Å². The number of carboxylic acids is 2. The predicted octanol–water partition coefficient (Wildman–Crippen LogP) is 1.82. The van der Waals surface area contributed by atoms with E-state index in [-0.39, 0.29) is 18.2 Å². The molecule has 2 aromatic rings. The van der Waals surface area contributed by atoms with E-state index in [0.29, 0.717) is 12.1 Å². The van der Waals surface area contributed by atoms with E-state index in [1.807, 2.05) is 13.8 Å². The normalized spacial score (nSPS) is 13.6. The number of rotatable bonds is 9. The molecule has 8 nitrogen and oxygen atoms in total. The molecular formula is C17H21N3O5. The fraction of sp³-hybridized carbons (Fsp3) is 0.412. The third-order valence-corrected chi connectivity index (χ3v) is 3.61. The van der Waals surface area contributed by atoms with E-state index in [1.54, 1.807) is 24.5 Å². The summed E-state index contributed by atoms with van der Waals surface area (Å²) >= 11 is 0. The van der Waals surface area contributed by atoms with Crippen LogP contribution in [0, 0.1) is 5.92 Å². The molecule has 0 aliphatic heterocycles. The van der Waals surface area contributed by atoms with Crippen LogP contribution in [0.25, 0.3) is 11.3 Å². The van der Waals surface area contributed by atoms with Crippen LogP contribution < -0.4 is 5.32 Å². The molecule has 0 aliphatic carbocycles. The minimum atomic E-state index is -1.15. The van der Waals surface area contributed by atoms with Crippen LogP contribution in [0.2, 0.25) is 0 Å². The predicted molar refractivity (Wildman–Crippen MR) is 88.9 cm³/mol. The number of carbonyl (C=O) groups is 2. The van der Waals surface area contributed by atoms with Crippen molar-refractivity contribution in [3.05, 3.63) is 36.7 Å². The van der Waals surface area contributed by atoms with Gasteiger partial charge in [-0.15, -0.1) is 0 Å². The van der Waals surface area contributed by atoms with E-state index in [2.05, 4.69) is 15.3 Å². The first-order chi connectivity index (χ1) is 11.9. The minimum Gasteiger partial charge on any atom is -0.480 e. The lowest BCUT2D eigenvalue weighted by atomic mass is 10.0. The molecular weight excluding hydrogens is 326 g/mol. The lowest BCUT2D eigenvalue weighted by Crippen LogP contribution is -2.48. The monoisotopic (exact) mass is 347 g/mol. The summed E-state index contributed by atoms with van der Waals surface area (Å²) < 4.78 is 5.34. The number of nitrogens with one attached hydrogen (secondary N) is 1. The van der Waals surface area contributed by atoms with Crippen LogP contribution in [0.4, 0.5) is 0 Å². The second-order valence-corrected chi connectivity index (χ2v) is 6.14. The highest BCUT2D eigenvalue weighted by atomic mass is 16.4. The Kier molecular flexibility index (Phi) is 6.24. The molecule has 0 unspecified atom stereocenters. The van der Waals surface area contributed by atoms with Gasteiger partial charge in [-0.05, 0) is 24.5 Å². The van der Waals surface area contributed by atoms with Crippen molar-refractivity contribution in [3.63, 3.8) is 0 Å². The van der Waals surface area contributed by atoms with Crippen molar-refractivity contribution in [2.24, 2.45) is 5.92 Å². The molecule has 3 N–H and O–H groups in total. The topological polar surface area (TPSA) is 126 Å². The van der Waals surface area contributed by atoms with E-state index < -0.39 is 24.0 Å². The molecule has 0 bridgehead atoms. The summed E-state index contributed by atoms with van der Waals surface area (Å²) in [7, 11) is 0. The summed E-state index contributed by atoms with van der Waals surface area (Å²) in [4.78, 5) is 31.0. The van der Waals surface area contributed by atoms with Crippen molar-refractivity contribution in [2.45, 2.75) is 38.8 Å². The van der Waals surface area contributed by atoms with E-state index in [1.165, 1.54) is 6.26 Å². The number of nitrogens with zero attached hydrogens (tertiary/aromatic N) is 2. The molecule has 0 spiro atoms. The van der Waals surface area contributed by atoms with Crippen LogP contribution in [-0.4, -0.2) is 44.2 Å². The zero-order chi connectivity index (χ0) is 18.4. The van der Waals surface area contributed by atoms with Crippen LogP contribution in [0.3, 0.4) is 0 Å². The summed E-state index contributed by atoms with van der Waals surface area (Å²) in [6.07, 6.45) is 4.95. The molecule has 0 radical (unpaired) electrons. The Bertz CT molecular complexity index is 714. The van der Waals surface area contributed by atoms with Gasteiger partial charge in [0.05, 0.1) is 6.42 Å². The van der Waals surface area contributed by atoms with Gasteiger partial charge in [-0.1, -0.05) is 13.8 Å². The molecule has 0 fully saturated rings. The Labute approximate surface area is 144 Å².